The average molecular weight is 320 g/mol. The van der Waals surface area contributed by atoms with Crippen LogP contribution in [0.4, 0.5) is 0 Å². The summed E-state index contributed by atoms with van der Waals surface area (Å²) in [6.45, 7) is 3.21. The van der Waals surface area contributed by atoms with Gasteiger partial charge in [0, 0.05) is 12.1 Å². The van der Waals surface area contributed by atoms with Crippen LogP contribution in [-0.4, -0.2) is 25.7 Å². The lowest BCUT2D eigenvalue weighted by atomic mass is 10.2. The standard InChI is InChI=1S/C17H18ClNO3/c1-2-19-17(20)13-6-5-7-14(12-13)21-10-11-22-16-9-4-3-8-15(16)18/h3-9,12H,2,10-11H2,1H3,(H,19,20). The van der Waals surface area contributed by atoms with Crippen molar-refractivity contribution in [3.05, 3.63) is 59.1 Å². The molecule has 1 amide bonds. The summed E-state index contributed by atoms with van der Waals surface area (Å²) in [6, 6.07) is 14.3. The number of para-hydroxylation sites is 1. The molecule has 4 nitrogen and oxygen atoms in total. The van der Waals surface area contributed by atoms with E-state index >= 15 is 0 Å². The highest BCUT2D eigenvalue weighted by molar-refractivity contribution is 6.32. The Labute approximate surface area is 135 Å². The van der Waals surface area contributed by atoms with E-state index < -0.39 is 0 Å². The average Bonchev–Trinajstić information content (AvgIpc) is 2.54. The minimum Gasteiger partial charge on any atom is -0.490 e. The van der Waals surface area contributed by atoms with Crippen molar-refractivity contribution in [2.75, 3.05) is 19.8 Å². The molecule has 0 bridgehead atoms. The first kappa shape index (κ1) is 16.2. The van der Waals surface area contributed by atoms with Crippen molar-refractivity contribution in [2.24, 2.45) is 0 Å². The molecule has 2 aromatic carbocycles. The highest BCUT2D eigenvalue weighted by atomic mass is 35.5. The fraction of sp³-hybridized carbons (Fsp3) is 0.235. The molecule has 0 heterocycles. The van der Waals surface area contributed by atoms with Crippen molar-refractivity contribution in [2.45, 2.75) is 6.92 Å². The molecule has 0 aliphatic carbocycles. The normalized spacial score (nSPS) is 10.1. The zero-order valence-corrected chi connectivity index (χ0v) is 13.1. The van der Waals surface area contributed by atoms with Gasteiger partial charge in [-0.2, -0.15) is 0 Å². The number of ether oxygens (including phenoxy) is 2. The molecular weight excluding hydrogens is 302 g/mol. The number of carbonyl (C=O) groups is 1. The van der Waals surface area contributed by atoms with Crippen LogP contribution in [0.1, 0.15) is 17.3 Å². The van der Waals surface area contributed by atoms with Gasteiger partial charge in [0.15, 0.2) is 0 Å². The number of halogens is 1. The minimum atomic E-state index is -0.111. The van der Waals surface area contributed by atoms with Gasteiger partial charge < -0.3 is 14.8 Å². The molecular formula is C17H18ClNO3. The predicted molar refractivity (Wildman–Crippen MR) is 86.9 cm³/mol. The van der Waals surface area contributed by atoms with Crippen molar-refractivity contribution in [3.63, 3.8) is 0 Å². The second-order valence-electron chi connectivity index (χ2n) is 4.51. The topological polar surface area (TPSA) is 47.6 Å². The molecule has 0 unspecified atom stereocenters. The maximum atomic E-state index is 11.7. The first-order valence-electron chi connectivity index (χ1n) is 7.09. The molecule has 0 saturated carbocycles. The number of rotatable bonds is 7. The summed E-state index contributed by atoms with van der Waals surface area (Å²) in [5, 5.41) is 3.32. The summed E-state index contributed by atoms with van der Waals surface area (Å²) in [6.07, 6.45) is 0. The van der Waals surface area contributed by atoms with Crippen molar-refractivity contribution in [1.82, 2.24) is 5.32 Å². The van der Waals surface area contributed by atoms with Gasteiger partial charge in [0.2, 0.25) is 0 Å². The van der Waals surface area contributed by atoms with Gasteiger partial charge in [0.25, 0.3) is 5.91 Å². The summed E-state index contributed by atoms with van der Waals surface area (Å²) < 4.78 is 11.1. The number of amides is 1. The van der Waals surface area contributed by atoms with Crippen LogP contribution in [-0.2, 0) is 0 Å². The van der Waals surface area contributed by atoms with Crippen LogP contribution in [0, 0.1) is 0 Å². The minimum absolute atomic E-state index is 0.111. The van der Waals surface area contributed by atoms with Crippen LogP contribution >= 0.6 is 11.6 Å². The third kappa shape index (κ3) is 4.67. The zero-order chi connectivity index (χ0) is 15.8. The van der Waals surface area contributed by atoms with Gasteiger partial charge in [-0.15, -0.1) is 0 Å². The number of nitrogens with one attached hydrogen (secondary N) is 1. The van der Waals surface area contributed by atoms with Crippen LogP contribution in [0.25, 0.3) is 0 Å². The van der Waals surface area contributed by atoms with Crippen molar-refractivity contribution >= 4 is 17.5 Å². The maximum absolute atomic E-state index is 11.7. The lowest BCUT2D eigenvalue weighted by Crippen LogP contribution is -2.22. The largest absolute Gasteiger partial charge is 0.490 e. The molecule has 0 radical (unpaired) electrons. The van der Waals surface area contributed by atoms with E-state index in [1.165, 1.54) is 0 Å². The van der Waals surface area contributed by atoms with Crippen LogP contribution in [0.3, 0.4) is 0 Å². The third-order valence-corrected chi connectivity index (χ3v) is 3.19. The molecule has 0 aliphatic heterocycles. The van der Waals surface area contributed by atoms with Crippen LogP contribution in [0.15, 0.2) is 48.5 Å². The maximum Gasteiger partial charge on any atom is 0.251 e. The van der Waals surface area contributed by atoms with Gasteiger partial charge in [-0.05, 0) is 37.3 Å². The fourth-order valence-electron chi connectivity index (χ4n) is 1.86. The highest BCUT2D eigenvalue weighted by Gasteiger charge is 2.05. The molecule has 0 atom stereocenters. The second-order valence-corrected chi connectivity index (χ2v) is 4.92. The molecule has 5 heteroatoms. The fourth-order valence-corrected chi connectivity index (χ4v) is 2.05. The SMILES string of the molecule is CCNC(=O)c1cccc(OCCOc2ccccc2Cl)c1. The van der Waals surface area contributed by atoms with Gasteiger partial charge in [0.05, 0.1) is 5.02 Å². The first-order valence-corrected chi connectivity index (χ1v) is 7.47. The van der Waals surface area contributed by atoms with Crippen molar-refractivity contribution in [3.8, 4) is 11.5 Å². The lowest BCUT2D eigenvalue weighted by molar-refractivity contribution is 0.0955. The van der Waals surface area contributed by atoms with Crippen molar-refractivity contribution in [1.29, 1.82) is 0 Å². The Balaban J connectivity index is 1.83. The van der Waals surface area contributed by atoms with Crippen LogP contribution in [0.2, 0.25) is 5.02 Å². The van der Waals surface area contributed by atoms with Gasteiger partial charge >= 0.3 is 0 Å². The first-order chi connectivity index (χ1) is 10.7. The summed E-state index contributed by atoms with van der Waals surface area (Å²) in [5.41, 5.74) is 0.575. The van der Waals surface area contributed by atoms with E-state index in [0.29, 0.717) is 41.8 Å². The van der Waals surface area contributed by atoms with Gasteiger partial charge in [-0.25, -0.2) is 0 Å². The van der Waals surface area contributed by atoms with Gasteiger partial charge in [-0.1, -0.05) is 29.8 Å². The van der Waals surface area contributed by atoms with Crippen molar-refractivity contribution < 1.29 is 14.3 Å². The Kier molecular flexibility index (Phi) is 6.10. The molecule has 0 aliphatic rings. The Morgan fingerprint density at radius 2 is 1.86 bits per heavy atom. The molecule has 0 spiro atoms. The monoisotopic (exact) mass is 319 g/mol. The van der Waals surface area contributed by atoms with E-state index in [1.807, 2.05) is 19.1 Å². The van der Waals surface area contributed by atoms with E-state index in [9.17, 15) is 4.79 Å². The molecule has 0 fully saturated rings. The molecule has 116 valence electrons. The molecule has 0 aromatic heterocycles. The molecule has 2 rings (SSSR count). The van der Waals surface area contributed by atoms with E-state index in [-0.39, 0.29) is 5.91 Å². The number of hydrogen-bond acceptors (Lipinski definition) is 3. The Morgan fingerprint density at radius 3 is 2.64 bits per heavy atom. The van der Waals surface area contributed by atoms with E-state index in [1.54, 1.807) is 36.4 Å². The van der Waals surface area contributed by atoms with Crippen LogP contribution in [0.5, 0.6) is 11.5 Å². The van der Waals surface area contributed by atoms with Gasteiger partial charge in [0.1, 0.15) is 24.7 Å². The summed E-state index contributed by atoms with van der Waals surface area (Å²) >= 11 is 6.00. The molecule has 0 saturated heterocycles. The highest BCUT2D eigenvalue weighted by Crippen LogP contribution is 2.23. The van der Waals surface area contributed by atoms with Crippen LogP contribution < -0.4 is 14.8 Å². The molecule has 1 N–H and O–H groups in total. The third-order valence-electron chi connectivity index (χ3n) is 2.88. The lowest BCUT2D eigenvalue weighted by Gasteiger charge is -2.10. The molecule has 22 heavy (non-hydrogen) atoms. The predicted octanol–water partition coefficient (Wildman–Crippen LogP) is 3.55. The smallest absolute Gasteiger partial charge is 0.251 e. The van der Waals surface area contributed by atoms with E-state index in [4.69, 9.17) is 21.1 Å². The number of benzene rings is 2. The second kappa shape index (κ2) is 8.29. The number of carbonyl (C=O) groups excluding carboxylic acids is 1. The zero-order valence-electron chi connectivity index (χ0n) is 12.3. The Bertz CT molecular complexity index is 631. The van der Waals surface area contributed by atoms with E-state index in [0.717, 1.165) is 0 Å². The molecule has 2 aromatic rings. The Hall–Kier alpha value is -2.20. The summed E-state index contributed by atoms with van der Waals surface area (Å²) in [7, 11) is 0. The number of hydrogen-bond donors (Lipinski definition) is 1. The van der Waals surface area contributed by atoms with Gasteiger partial charge in [-0.3, -0.25) is 4.79 Å². The quantitative estimate of drug-likeness (QED) is 0.794. The Morgan fingerprint density at radius 1 is 1.09 bits per heavy atom. The summed E-state index contributed by atoms with van der Waals surface area (Å²) in [4.78, 5) is 11.7. The summed E-state index contributed by atoms with van der Waals surface area (Å²) in [5.74, 6) is 1.15. The van der Waals surface area contributed by atoms with E-state index in [2.05, 4.69) is 5.32 Å².